The van der Waals surface area contributed by atoms with E-state index in [2.05, 4.69) is 4.99 Å². The standard InChI is InChI=1S/C13H15FN2OS/c14-11-4-2-1-3-10(11)13-5-6-17-7-9(13)8-18-12(15)16-13/h1-4,9H,5-8H2,(H2,15,16). The molecule has 1 saturated heterocycles. The maximum atomic E-state index is 14.1. The van der Waals surface area contributed by atoms with Crippen LogP contribution in [0.1, 0.15) is 12.0 Å². The summed E-state index contributed by atoms with van der Waals surface area (Å²) in [5.74, 6) is 0.831. The molecule has 0 aliphatic carbocycles. The van der Waals surface area contributed by atoms with Crippen LogP contribution in [-0.2, 0) is 10.3 Å². The number of nitrogens with zero attached hydrogens (tertiary/aromatic N) is 1. The molecule has 5 heteroatoms. The van der Waals surface area contributed by atoms with Gasteiger partial charge < -0.3 is 10.5 Å². The first-order valence-electron chi connectivity index (χ1n) is 6.03. The Balaban J connectivity index is 2.13. The number of benzene rings is 1. The van der Waals surface area contributed by atoms with Crippen molar-refractivity contribution in [1.82, 2.24) is 0 Å². The molecule has 2 heterocycles. The Hall–Kier alpha value is -1.07. The van der Waals surface area contributed by atoms with E-state index in [0.717, 1.165) is 5.75 Å². The summed E-state index contributed by atoms with van der Waals surface area (Å²) >= 11 is 1.53. The van der Waals surface area contributed by atoms with Crippen molar-refractivity contribution in [2.75, 3.05) is 19.0 Å². The van der Waals surface area contributed by atoms with E-state index in [0.29, 0.717) is 30.4 Å². The summed E-state index contributed by atoms with van der Waals surface area (Å²) in [6, 6.07) is 6.87. The number of hydrogen-bond donors (Lipinski definition) is 1. The highest BCUT2D eigenvalue weighted by Gasteiger charge is 2.46. The summed E-state index contributed by atoms with van der Waals surface area (Å²) in [6.45, 7) is 1.23. The van der Waals surface area contributed by atoms with Gasteiger partial charge in [-0.1, -0.05) is 30.0 Å². The Bertz CT molecular complexity index is 494. The molecule has 2 unspecified atom stereocenters. The molecule has 96 valence electrons. The zero-order valence-corrected chi connectivity index (χ0v) is 10.8. The molecule has 3 rings (SSSR count). The number of fused-ring (bicyclic) bond motifs is 1. The number of hydrogen-bond acceptors (Lipinski definition) is 4. The third-order valence-electron chi connectivity index (χ3n) is 3.70. The van der Waals surface area contributed by atoms with Gasteiger partial charge in [0.05, 0.1) is 12.1 Å². The van der Waals surface area contributed by atoms with Crippen molar-refractivity contribution in [1.29, 1.82) is 0 Å². The van der Waals surface area contributed by atoms with Gasteiger partial charge in [0.1, 0.15) is 5.82 Å². The van der Waals surface area contributed by atoms with Gasteiger partial charge in [-0.15, -0.1) is 0 Å². The Morgan fingerprint density at radius 1 is 1.44 bits per heavy atom. The summed E-state index contributed by atoms with van der Waals surface area (Å²) in [4.78, 5) is 4.60. The fourth-order valence-electron chi connectivity index (χ4n) is 2.77. The fourth-order valence-corrected chi connectivity index (χ4v) is 3.74. The van der Waals surface area contributed by atoms with Crippen LogP contribution in [0.2, 0.25) is 0 Å². The van der Waals surface area contributed by atoms with Gasteiger partial charge in [-0.2, -0.15) is 0 Å². The molecule has 0 amide bonds. The molecule has 18 heavy (non-hydrogen) atoms. The minimum atomic E-state index is -0.529. The van der Waals surface area contributed by atoms with E-state index in [9.17, 15) is 4.39 Å². The predicted molar refractivity (Wildman–Crippen MR) is 71.1 cm³/mol. The van der Waals surface area contributed by atoms with E-state index in [1.54, 1.807) is 6.07 Å². The van der Waals surface area contributed by atoms with Gasteiger partial charge in [0.2, 0.25) is 0 Å². The second-order valence-electron chi connectivity index (χ2n) is 4.69. The Labute approximate surface area is 110 Å². The second-order valence-corrected chi connectivity index (χ2v) is 5.73. The number of amidine groups is 1. The highest BCUT2D eigenvalue weighted by Crippen LogP contribution is 2.45. The number of halogens is 1. The van der Waals surface area contributed by atoms with Gasteiger partial charge >= 0.3 is 0 Å². The highest BCUT2D eigenvalue weighted by atomic mass is 32.2. The maximum absolute atomic E-state index is 14.1. The Morgan fingerprint density at radius 2 is 2.28 bits per heavy atom. The van der Waals surface area contributed by atoms with Crippen LogP contribution in [-0.4, -0.2) is 24.1 Å². The van der Waals surface area contributed by atoms with Crippen LogP contribution in [0.5, 0.6) is 0 Å². The van der Waals surface area contributed by atoms with Crippen molar-refractivity contribution in [2.24, 2.45) is 16.6 Å². The average Bonchev–Trinajstić information content (AvgIpc) is 2.38. The molecule has 2 N–H and O–H groups in total. The topological polar surface area (TPSA) is 47.6 Å². The molecule has 0 aromatic heterocycles. The van der Waals surface area contributed by atoms with E-state index in [1.165, 1.54) is 17.8 Å². The summed E-state index contributed by atoms with van der Waals surface area (Å²) < 4.78 is 19.6. The van der Waals surface area contributed by atoms with Crippen LogP contribution >= 0.6 is 11.8 Å². The third kappa shape index (κ3) is 1.82. The lowest BCUT2D eigenvalue weighted by Gasteiger charge is -2.43. The summed E-state index contributed by atoms with van der Waals surface area (Å²) in [5, 5.41) is 0.552. The van der Waals surface area contributed by atoms with Crippen molar-refractivity contribution in [3.63, 3.8) is 0 Å². The SMILES string of the molecule is NC1=NC2(c3ccccc3F)CCOCC2CS1. The molecule has 1 aromatic rings. The quantitative estimate of drug-likeness (QED) is 0.847. The molecule has 2 aliphatic rings. The van der Waals surface area contributed by atoms with Gasteiger partial charge in [-0.25, -0.2) is 4.39 Å². The van der Waals surface area contributed by atoms with Gasteiger partial charge in [0.15, 0.2) is 5.17 Å². The van der Waals surface area contributed by atoms with E-state index in [4.69, 9.17) is 10.5 Å². The minimum Gasteiger partial charge on any atom is -0.381 e. The van der Waals surface area contributed by atoms with Crippen molar-refractivity contribution in [2.45, 2.75) is 12.0 Å². The van der Waals surface area contributed by atoms with Crippen LogP contribution in [0.4, 0.5) is 4.39 Å². The van der Waals surface area contributed by atoms with Crippen LogP contribution < -0.4 is 5.73 Å². The fraction of sp³-hybridized carbons (Fsp3) is 0.462. The molecule has 0 spiro atoms. The van der Waals surface area contributed by atoms with Crippen LogP contribution in [0, 0.1) is 11.7 Å². The average molecular weight is 266 g/mol. The van der Waals surface area contributed by atoms with Crippen molar-refractivity contribution in [3.05, 3.63) is 35.6 Å². The van der Waals surface area contributed by atoms with Crippen molar-refractivity contribution in [3.8, 4) is 0 Å². The lowest BCUT2D eigenvalue weighted by molar-refractivity contribution is 0.00885. The maximum Gasteiger partial charge on any atom is 0.154 e. The number of rotatable bonds is 1. The normalized spacial score (nSPS) is 31.6. The predicted octanol–water partition coefficient (Wildman–Crippen LogP) is 2.12. The number of nitrogens with two attached hydrogens (primary N) is 1. The van der Waals surface area contributed by atoms with E-state index < -0.39 is 5.54 Å². The molecule has 2 atom stereocenters. The zero-order valence-electron chi connectivity index (χ0n) is 9.93. The first-order valence-corrected chi connectivity index (χ1v) is 7.02. The van der Waals surface area contributed by atoms with Gasteiger partial charge in [-0.3, -0.25) is 4.99 Å². The summed E-state index contributed by atoms with van der Waals surface area (Å²) in [5.41, 5.74) is 5.99. The first-order chi connectivity index (χ1) is 8.72. The van der Waals surface area contributed by atoms with E-state index in [1.807, 2.05) is 12.1 Å². The monoisotopic (exact) mass is 266 g/mol. The van der Waals surface area contributed by atoms with Crippen molar-refractivity contribution >= 4 is 16.9 Å². The molecule has 3 nitrogen and oxygen atoms in total. The molecule has 2 aliphatic heterocycles. The van der Waals surface area contributed by atoms with Gasteiger partial charge in [0, 0.05) is 30.3 Å². The Morgan fingerprint density at radius 3 is 3.11 bits per heavy atom. The number of thioether (sulfide) groups is 1. The zero-order chi connectivity index (χ0) is 12.6. The first kappa shape index (κ1) is 12.0. The lowest BCUT2D eigenvalue weighted by Crippen LogP contribution is -2.47. The van der Waals surface area contributed by atoms with Gasteiger partial charge in [-0.05, 0) is 6.07 Å². The molecule has 0 radical (unpaired) electrons. The molecule has 1 fully saturated rings. The Kier molecular flexibility index (Phi) is 3.03. The summed E-state index contributed by atoms with van der Waals surface area (Å²) in [7, 11) is 0. The second kappa shape index (κ2) is 4.55. The van der Waals surface area contributed by atoms with Gasteiger partial charge in [0.25, 0.3) is 0 Å². The molecular formula is C13H15FN2OS. The highest BCUT2D eigenvalue weighted by molar-refractivity contribution is 8.13. The molecule has 0 saturated carbocycles. The van der Waals surface area contributed by atoms with Crippen molar-refractivity contribution < 1.29 is 9.13 Å². The molecule has 0 bridgehead atoms. The number of aliphatic imine (C=N–C) groups is 1. The smallest absolute Gasteiger partial charge is 0.154 e. The minimum absolute atomic E-state index is 0.195. The summed E-state index contributed by atoms with van der Waals surface area (Å²) in [6.07, 6.45) is 0.694. The van der Waals surface area contributed by atoms with E-state index in [-0.39, 0.29) is 11.7 Å². The van der Waals surface area contributed by atoms with Crippen LogP contribution in [0.3, 0.4) is 0 Å². The van der Waals surface area contributed by atoms with E-state index >= 15 is 0 Å². The van der Waals surface area contributed by atoms with Crippen LogP contribution in [0.25, 0.3) is 0 Å². The molecular weight excluding hydrogens is 251 g/mol. The largest absolute Gasteiger partial charge is 0.381 e. The lowest BCUT2D eigenvalue weighted by atomic mass is 9.75. The van der Waals surface area contributed by atoms with Crippen LogP contribution in [0.15, 0.2) is 29.3 Å². The third-order valence-corrected chi connectivity index (χ3v) is 4.66. The molecule has 1 aromatic carbocycles. The number of ether oxygens (including phenoxy) is 1.